The second-order valence-electron chi connectivity index (χ2n) is 6.92. The van der Waals surface area contributed by atoms with Crippen LogP contribution in [0.4, 0.5) is 0 Å². The van der Waals surface area contributed by atoms with Crippen LogP contribution in [0.2, 0.25) is 0 Å². The van der Waals surface area contributed by atoms with E-state index in [0.717, 1.165) is 6.42 Å². The quantitative estimate of drug-likeness (QED) is 0.677. The predicted octanol–water partition coefficient (Wildman–Crippen LogP) is 2.96. The third-order valence-electron chi connectivity index (χ3n) is 5.41. The van der Waals surface area contributed by atoms with Crippen molar-refractivity contribution >= 4 is 11.9 Å². The van der Waals surface area contributed by atoms with E-state index < -0.39 is 29.8 Å². The second-order valence-corrected chi connectivity index (χ2v) is 6.92. The number of rotatable bonds is 8. The van der Waals surface area contributed by atoms with E-state index in [4.69, 9.17) is 10.8 Å². The van der Waals surface area contributed by atoms with E-state index in [1.165, 1.54) is 11.1 Å². The van der Waals surface area contributed by atoms with E-state index in [9.17, 15) is 14.7 Å². The van der Waals surface area contributed by atoms with Crippen LogP contribution in [0.3, 0.4) is 0 Å². The monoisotopic (exact) mass is 353 g/mol. The molecular weight excluding hydrogens is 330 g/mol. The molecule has 3 rings (SSSR count). The Hall–Kier alpha value is -2.66. The Kier molecular flexibility index (Phi) is 5.38. The smallest absolute Gasteiger partial charge is 0.320 e. The van der Waals surface area contributed by atoms with Crippen molar-refractivity contribution in [1.82, 2.24) is 0 Å². The van der Waals surface area contributed by atoms with Crippen LogP contribution < -0.4 is 5.73 Å². The van der Waals surface area contributed by atoms with Gasteiger partial charge in [-0.1, -0.05) is 60.7 Å². The zero-order chi connectivity index (χ0) is 18.7. The summed E-state index contributed by atoms with van der Waals surface area (Å²) in [5, 5.41) is 18.5. The van der Waals surface area contributed by atoms with Crippen molar-refractivity contribution in [2.75, 3.05) is 0 Å². The molecule has 0 bridgehead atoms. The third-order valence-corrected chi connectivity index (χ3v) is 5.41. The predicted molar refractivity (Wildman–Crippen MR) is 97.7 cm³/mol. The Bertz CT molecular complexity index is 723. The number of aliphatic carboxylic acids is 2. The van der Waals surface area contributed by atoms with Gasteiger partial charge in [-0.2, -0.15) is 0 Å². The summed E-state index contributed by atoms with van der Waals surface area (Å²) < 4.78 is 0. The fourth-order valence-electron chi connectivity index (χ4n) is 4.03. The number of carboxylic acids is 2. The Labute approximate surface area is 152 Å². The van der Waals surface area contributed by atoms with Crippen molar-refractivity contribution in [2.24, 2.45) is 23.5 Å². The van der Waals surface area contributed by atoms with Gasteiger partial charge in [0.15, 0.2) is 0 Å². The molecule has 0 saturated heterocycles. The van der Waals surface area contributed by atoms with E-state index >= 15 is 0 Å². The Morgan fingerprint density at radius 2 is 1.42 bits per heavy atom. The fraction of sp³-hybridized carbons (Fsp3) is 0.333. The van der Waals surface area contributed by atoms with Gasteiger partial charge in [-0.05, 0) is 29.9 Å². The van der Waals surface area contributed by atoms with Crippen molar-refractivity contribution in [3.8, 4) is 0 Å². The SMILES string of the molecule is NC(C(=O)O)[C@H]1C(CCC(c2ccccc2)c2ccccc2)[C@@H]1C(=O)O. The maximum atomic E-state index is 11.4. The van der Waals surface area contributed by atoms with Crippen LogP contribution in [-0.4, -0.2) is 28.2 Å². The van der Waals surface area contributed by atoms with Gasteiger partial charge in [-0.15, -0.1) is 0 Å². The van der Waals surface area contributed by atoms with Crippen molar-refractivity contribution in [3.05, 3.63) is 71.8 Å². The highest BCUT2D eigenvalue weighted by atomic mass is 16.4. The average Bonchev–Trinajstić information content (AvgIpc) is 3.37. The molecule has 1 aliphatic rings. The number of nitrogens with two attached hydrogens (primary N) is 1. The molecule has 0 radical (unpaired) electrons. The molecule has 2 aromatic carbocycles. The largest absolute Gasteiger partial charge is 0.481 e. The lowest BCUT2D eigenvalue weighted by molar-refractivity contribution is -0.140. The Morgan fingerprint density at radius 3 is 1.85 bits per heavy atom. The fourth-order valence-corrected chi connectivity index (χ4v) is 4.03. The van der Waals surface area contributed by atoms with Gasteiger partial charge in [-0.25, -0.2) is 0 Å². The summed E-state index contributed by atoms with van der Waals surface area (Å²) in [7, 11) is 0. The van der Waals surface area contributed by atoms with E-state index in [-0.39, 0.29) is 11.8 Å². The number of benzene rings is 2. The first-order chi connectivity index (χ1) is 12.5. The lowest BCUT2D eigenvalue weighted by atomic mass is 9.86. The van der Waals surface area contributed by atoms with Crippen molar-refractivity contribution in [2.45, 2.75) is 24.8 Å². The van der Waals surface area contributed by atoms with Gasteiger partial charge < -0.3 is 15.9 Å². The summed E-state index contributed by atoms with van der Waals surface area (Å²) in [6, 6.07) is 19.1. The highest BCUT2D eigenvalue weighted by Gasteiger charge is 2.58. The highest BCUT2D eigenvalue weighted by Crippen LogP contribution is 2.52. The second kappa shape index (κ2) is 7.70. The maximum Gasteiger partial charge on any atom is 0.320 e. The molecule has 2 unspecified atom stereocenters. The summed E-state index contributed by atoms with van der Waals surface area (Å²) in [6.07, 6.45) is 1.39. The van der Waals surface area contributed by atoms with Crippen LogP contribution in [0.25, 0.3) is 0 Å². The van der Waals surface area contributed by atoms with Gasteiger partial charge in [0, 0.05) is 11.8 Å². The van der Waals surface area contributed by atoms with Gasteiger partial charge in [0.05, 0.1) is 5.92 Å². The summed E-state index contributed by atoms with van der Waals surface area (Å²) in [4.78, 5) is 22.6. The third kappa shape index (κ3) is 3.78. The summed E-state index contributed by atoms with van der Waals surface area (Å²) >= 11 is 0. The standard InChI is InChI=1S/C21H23NO4/c22-19(21(25)26)17-16(18(17)20(23)24)12-11-15(13-7-3-1-4-8-13)14-9-5-2-6-10-14/h1-10,15-19H,11-12,22H2,(H,23,24)(H,25,26)/t16?,17-,18-,19?/m0/s1. The molecule has 1 aliphatic carbocycles. The highest BCUT2D eigenvalue weighted by molar-refractivity contribution is 5.80. The van der Waals surface area contributed by atoms with E-state index in [0.29, 0.717) is 6.42 Å². The molecule has 0 spiro atoms. The van der Waals surface area contributed by atoms with Crippen molar-refractivity contribution in [3.63, 3.8) is 0 Å². The van der Waals surface area contributed by atoms with Crippen LogP contribution in [0, 0.1) is 17.8 Å². The average molecular weight is 353 g/mol. The molecule has 0 aromatic heterocycles. The van der Waals surface area contributed by atoms with Gasteiger partial charge >= 0.3 is 11.9 Å². The number of carbonyl (C=O) groups is 2. The molecule has 4 N–H and O–H groups in total. The first-order valence-corrected chi connectivity index (χ1v) is 8.81. The Morgan fingerprint density at radius 1 is 0.923 bits per heavy atom. The van der Waals surface area contributed by atoms with E-state index in [1.807, 2.05) is 36.4 Å². The van der Waals surface area contributed by atoms with E-state index in [2.05, 4.69) is 24.3 Å². The van der Waals surface area contributed by atoms with Crippen molar-refractivity contribution < 1.29 is 19.8 Å². The zero-order valence-electron chi connectivity index (χ0n) is 14.4. The minimum Gasteiger partial charge on any atom is -0.481 e. The van der Waals surface area contributed by atoms with Gasteiger partial charge in [0.25, 0.3) is 0 Å². The molecule has 4 atom stereocenters. The molecule has 26 heavy (non-hydrogen) atoms. The number of hydrogen-bond acceptors (Lipinski definition) is 3. The minimum absolute atomic E-state index is 0.147. The lowest BCUT2D eigenvalue weighted by Crippen LogP contribution is -2.34. The van der Waals surface area contributed by atoms with Crippen LogP contribution in [-0.2, 0) is 9.59 Å². The Balaban J connectivity index is 1.76. The van der Waals surface area contributed by atoms with Crippen LogP contribution >= 0.6 is 0 Å². The molecule has 2 aromatic rings. The summed E-state index contributed by atoms with van der Waals surface area (Å²) in [6.45, 7) is 0. The normalized spacial score (nSPS) is 22.8. The topological polar surface area (TPSA) is 101 Å². The van der Waals surface area contributed by atoms with Crippen molar-refractivity contribution in [1.29, 1.82) is 0 Å². The molecular formula is C21H23NO4. The summed E-state index contributed by atoms with van der Waals surface area (Å²) in [5.74, 6) is -3.27. The molecule has 136 valence electrons. The number of hydrogen-bond donors (Lipinski definition) is 3. The lowest BCUT2D eigenvalue weighted by Gasteiger charge is -2.18. The van der Waals surface area contributed by atoms with Gasteiger partial charge in [0.2, 0.25) is 0 Å². The minimum atomic E-state index is -1.13. The molecule has 1 fully saturated rings. The van der Waals surface area contributed by atoms with Crippen LogP contribution in [0.15, 0.2) is 60.7 Å². The van der Waals surface area contributed by atoms with Gasteiger partial charge in [-0.3, -0.25) is 9.59 Å². The first-order valence-electron chi connectivity index (χ1n) is 8.81. The van der Waals surface area contributed by atoms with E-state index in [1.54, 1.807) is 0 Å². The first kappa shape index (κ1) is 18.1. The number of carboxylic acid groups (broad SMARTS) is 2. The van der Waals surface area contributed by atoms with Crippen LogP contribution in [0.5, 0.6) is 0 Å². The maximum absolute atomic E-state index is 11.4. The molecule has 0 heterocycles. The van der Waals surface area contributed by atoms with Gasteiger partial charge in [0.1, 0.15) is 6.04 Å². The summed E-state index contributed by atoms with van der Waals surface area (Å²) in [5.41, 5.74) is 8.05. The molecule has 0 aliphatic heterocycles. The molecule has 1 saturated carbocycles. The molecule has 5 heteroatoms. The molecule has 0 amide bonds. The molecule has 5 nitrogen and oxygen atoms in total. The van der Waals surface area contributed by atoms with Crippen LogP contribution in [0.1, 0.15) is 29.9 Å². The zero-order valence-corrected chi connectivity index (χ0v) is 14.4.